The summed E-state index contributed by atoms with van der Waals surface area (Å²) >= 11 is 6.31. The number of amides is 2. The van der Waals surface area contributed by atoms with Crippen LogP contribution in [0.2, 0.25) is 5.02 Å². The maximum Gasteiger partial charge on any atom is 0.244 e. The van der Waals surface area contributed by atoms with Gasteiger partial charge in [-0.15, -0.1) is 0 Å². The average Bonchev–Trinajstić information content (AvgIpc) is 3.58. The van der Waals surface area contributed by atoms with Crippen LogP contribution in [0.25, 0.3) is 0 Å². The van der Waals surface area contributed by atoms with Crippen LogP contribution >= 0.6 is 11.6 Å². The Bertz CT molecular complexity index is 1730. The van der Waals surface area contributed by atoms with Crippen molar-refractivity contribution in [3.8, 4) is 5.75 Å². The monoisotopic (exact) mass is 673 g/mol. The lowest BCUT2D eigenvalue weighted by Crippen LogP contribution is -2.54. The van der Waals surface area contributed by atoms with Crippen molar-refractivity contribution in [3.05, 3.63) is 131 Å². The molecule has 8 nitrogen and oxygen atoms in total. The lowest BCUT2D eigenvalue weighted by atomic mass is 10.0. The number of sulfonamides is 1. The molecule has 1 N–H and O–H groups in total. The predicted octanol–water partition coefficient (Wildman–Crippen LogP) is 6.38. The molecule has 1 fully saturated rings. The van der Waals surface area contributed by atoms with Crippen molar-refractivity contribution >= 4 is 39.1 Å². The van der Waals surface area contributed by atoms with E-state index in [4.69, 9.17) is 16.3 Å². The molecular formula is C37H40ClN3O5S. The Morgan fingerprint density at radius 1 is 0.851 bits per heavy atom. The highest BCUT2D eigenvalue weighted by atomic mass is 35.5. The van der Waals surface area contributed by atoms with Gasteiger partial charge in [0.15, 0.2) is 0 Å². The number of ether oxygens (including phenoxy) is 1. The average molecular weight is 674 g/mol. The Morgan fingerprint density at radius 2 is 1.47 bits per heavy atom. The summed E-state index contributed by atoms with van der Waals surface area (Å²) in [6.45, 7) is -0.0664. The quantitative estimate of drug-likeness (QED) is 0.168. The number of halogens is 1. The Labute approximate surface area is 282 Å². The Morgan fingerprint density at radius 3 is 2.09 bits per heavy atom. The first-order valence-corrected chi connectivity index (χ1v) is 18.0. The van der Waals surface area contributed by atoms with Crippen LogP contribution in [-0.4, -0.2) is 50.0 Å². The third-order valence-corrected chi connectivity index (χ3v) is 9.64. The highest BCUT2D eigenvalue weighted by Gasteiger charge is 2.34. The van der Waals surface area contributed by atoms with E-state index in [1.54, 1.807) is 42.5 Å². The van der Waals surface area contributed by atoms with Crippen LogP contribution in [0.5, 0.6) is 5.75 Å². The maximum atomic E-state index is 14.3. The summed E-state index contributed by atoms with van der Waals surface area (Å²) in [6, 6.07) is 32.1. The predicted molar refractivity (Wildman–Crippen MR) is 186 cm³/mol. The number of carbonyl (C=O) groups excluding carboxylic acids is 2. The van der Waals surface area contributed by atoms with Gasteiger partial charge >= 0.3 is 0 Å². The van der Waals surface area contributed by atoms with Crippen molar-refractivity contribution in [2.75, 3.05) is 17.1 Å². The van der Waals surface area contributed by atoms with Crippen molar-refractivity contribution in [1.82, 2.24) is 10.2 Å². The van der Waals surface area contributed by atoms with E-state index in [0.29, 0.717) is 23.1 Å². The molecule has 0 heterocycles. The molecule has 1 aliphatic carbocycles. The molecule has 2 amide bonds. The van der Waals surface area contributed by atoms with Gasteiger partial charge < -0.3 is 15.0 Å². The van der Waals surface area contributed by atoms with E-state index >= 15 is 0 Å². The molecule has 1 saturated carbocycles. The third kappa shape index (κ3) is 9.83. The molecule has 246 valence electrons. The van der Waals surface area contributed by atoms with Gasteiger partial charge in [0, 0.05) is 24.0 Å². The molecule has 0 aliphatic heterocycles. The highest BCUT2D eigenvalue weighted by Crippen LogP contribution is 2.25. The van der Waals surface area contributed by atoms with Gasteiger partial charge in [-0.3, -0.25) is 13.9 Å². The van der Waals surface area contributed by atoms with Gasteiger partial charge in [0.25, 0.3) is 0 Å². The molecule has 0 bridgehead atoms. The fourth-order valence-corrected chi connectivity index (χ4v) is 6.88. The van der Waals surface area contributed by atoms with Gasteiger partial charge in [-0.25, -0.2) is 8.42 Å². The first-order valence-electron chi connectivity index (χ1n) is 15.8. The SMILES string of the molecule is CS(=O)(=O)N(CC(=O)N(Cc1cccc(Cl)c1)[C@H](Cc1ccccc1)C(=O)NC1CCCC1)c1ccc(OCc2ccccc2)cc1. The Hall–Kier alpha value is -4.34. The normalized spacial score (nSPS) is 13.9. The molecule has 0 spiro atoms. The van der Waals surface area contributed by atoms with Crippen molar-refractivity contribution < 1.29 is 22.7 Å². The van der Waals surface area contributed by atoms with Crippen LogP contribution in [0, 0.1) is 0 Å². The van der Waals surface area contributed by atoms with E-state index in [1.165, 1.54) is 4.90 Å². The van der Waals surface area contributed by atoms with Gasteiger partial charge in [0.05, 0.1) is 11.9 Å². The summed E-state index contributed by atoms with van der Waals surface area (Å²) in [5.74, 6) is -0.212. The fourth-order valence-electron chi connectivity index (χ4n) is 5.82. The summed E-state index contributed by atoms with van der Waals surface area (Å²) in [4.78, 5) is 29.8. The first kappa shape index (κ1) is 34.0. The number of nitrogens with one attached hydrogen (secondary N) is 1. The molecule has 4 aromatic rings. The molecule has 10 heteroatoms. The van der Waals surface area contributed by atoms with E-state index in [-0.39, 0.29) is 24.9 Å². The van der Waals surface area contributed by atoms with Crippen molar-refractivity contribution in [1.29, 1.82) is 0 Å². The van der Waals surface area contributed by atoms with E-state index in [0.717, 1.165) is 52.9 Å². The van der Waals surface area contributed by atoms with Gasteiger partial charge in [-0.05, 0) is 65.9 Å². The van der Waals surface area contributed by atoms with Gasteiger partial charge in [0.2, 0.25) is 21.8 Å². The van der Waals surface area contributed by atoms with Crippen LogP contribution in [-0.2, 0) is 39.2 Å². The van der Waals surface area contributed by atoms with Gasteiger partial charge in [-0.1, -0.05) is 97.2 Å². The zero-order chi connectivity index (χ0) is 33.2. The molecule has 4 aromatic carbocycles. The fraction of sp³-hybridized carbons (Fsp3) is 0.297. The van der Waals surface area contributed by atoms with E-state index < -0.39 is 28.5 Å². The number of hydrogen-bond donors (Lipinski definition) is 1. The highest BCUT2D eigenvalue weighted by molar-refractivity contribution is 7.92. The minimum atomic E-state index is -3.89. The van der Waals surface area contributed by atoms with E-state index in [9.17, 15) is 18.0 Å². The van der Waals surface area contributed by atoms with Gasteiger partial charge in [0.1, 0.15) is 24.9 Å². The van der Waals surface area contributed by atoms with Crippen LogP contribution in [0.4, 0.5) is 5.69 Å². The Balaban J connectivity index is 1.43. The molecule has 1 aliphatic rings. The standard InChI is InChI=1S/C37H40ClN3O5S/c1-47(44,45)41(33-19-21-34(22-20-33)46-27-29-13-6-3-7-14-29)26-36(42)40(25-30-15-10-16-31(38)23-30)35(24-28-11-4-2-5-12-28)37(43)39-32-17-8-9-18-32/h2-7,10-16,19-23,32,35H,8-9,17-18,24-27H2,1H3,(H,39,43)/t35-/m1/s1. The third-order valence-electron chi connectivity index (χ3n) is 8.27. The second kappa shape index (κ2) is 16.0. The molecule has 0 aromatic heterocycles. The molecule has 0 saturated heterocycles. The van der Waals surface area contributed by atoms with Crippen molar-refractivity contribution in [3.63, 3.8) is 0 Å². The zero-order valence-electron chi connectivity index (χ0n) is 26.4. The first-order chi connectivity index (χ1) is 22.7. The maximum absolute atomic E-state index is 14.3. The van der Waals surface area contributed by atoms with Crippen LogP contribution < -0.4 is 14.4 Å². The topological polar surface area (TPSA) is 96.0 Å². The second-order valence-corrected chi connectivity index (χ2v) is 14.2. The summed E-state index contributed by atoms with van der Waals surface area (Å²) in [6.07, 6.45) is 5.18. The minimum Gasteiger partial charge on any atom is -0.489 e. The van der Waals surface area contributed by atoms with Crippen LogP contribution in [0.3, 0.4) is 0 Å². The largest absolute Gasteiger partial charge is 0.489 e. The van der Waals surface area contributed by atoms with Crippen molar-refractivity contribution in [2.45, 2.75) is 57.3 Å². The Kier molecular flexibility index (Phi) is 11.6. The number of hydrogen-bond acceptors (Lipinski definition) is 5. The minimum absolute atomic E-state index is 0.0408. The summed E-state index contributed by atoms with van der Waals surface area (Å²) < 4.78 is 33.2. The molecule has 1 atom stereocenters. The lowest BCUT2D eigenvalue weighted by molar-refractivity contribution is -0.140. The summed E-state index contributed by atoms with van der Waals surface area (Å²) in [5, 5.41) is 3.67. The van der Waals surface area contributed by atoms with Crippen molar-refractivity contribution in [2.24, 2.45) is 0 Å². The molecule has 5 rings (SSSR count). The second-order valence-electron chi connectivity index (χ2n) is 11.9. The number of rotatable bonds is 14. The van der Waals surface area contributed by atoms with E-state index in [1.807, 2.05) is 66.7 Å². The summed E-state index contributed by atoms with van der Waals surface area (Å²) in [7, 11) is -3.89. The summed E-state index contributed by atoms with van der Waals surface area (Å²) in [5.41, 5.74) is 2.92. The molecular weight excluding hydrogens is 634 g/mol. The number of carbonyl (C=O) groups is 2. The molecule has 47 heavy (non-hydrogen) atoms. The number of anilines is 1. The zero-order valence-corrected chi connectivity index (χ0v) is 28.0. The molecule has 0 radical (unpaired) electrons. The lowest BCUT2D eigenvalue weighted by Gasteiger charge is -2.34. The van der Waals surface area contributed by atoms with Crippen LogP contribution in [0.1, 0.15) is 42.4 Å². The number of nitrogens with zero attached hydrogens (tertiary/aromatic N) is 2. The van der Waals surface area contributed by atoms with Crippen LogP contribution in [0.15, 0.2) is 109 Å². The smallest absolute Gasteiger partial charge is 0.244 e. The van der Waals surface area contributed by atoms with Gasteiger partial charge in [-0.2, -0.15) is 0 Å². The number of benzene rings is 4. The molecule has 0 unspecified atom stereocenters. The van der Waals surface area contributed by atoms with E-state index in [2.05, 4.69) is 5.32 Å².